The van der Waals surface area contributed by atoms with E-state index in [4.69, 9.17) is 4.74 Å². The van der Waals surface area contributed by atoms with Crippen LogP contribution in [0.25, 0.3) is 5.57 Å². The summed E-state index contributed by atoms with van der Waals surface area (Å²) in [5, 5.41) is 10.2. The number of anilines is 1. The van der Waals surface area contributed by atoms with E-state index in [-0.39, 0.29) is 5.57 Å². The lowest BCUT2D eigenvalue weighted by molar-refractivity contribution is -0.121. The molecule has 1 heterocycles. The Bertz CT molecular complexity index is 794. The molecular weight excluding hydrogens is 306 g/mol. The van der Waals surface area contributed by atoms with E-state index in [1.807, 2.05) is 6.92 Å². The van der Waals surface area contributed by atoms with Gasteiger partial charge in [0.05, 0.1) is 17.9 Å². The van der Waals surface area contributed by atoms with Crippen molar-refractivity contribution in [3.05, 3.63) is 65.9 Å². The van der Waals surface area contributed by atoms with Gasteiger partial charge in [-0.1, -0.05) is 37.3 Å². The van der Waals surface area contributed by atoms with Crippen molar-refractivity contribution in [1.29, 1.82) is 0 Å². The second kappa shape index (κ2) is 6.58. The first-order valence-corrected chi connectivity index (χ1v) is 7.73. The maximum Gasteiger partial charge on any atom is 0.301 e. The summed E-state index contributed by atoms with van der Waals surface area (Å²) in [7, 11) is 0. The Kier molecular flexibility index (Phi) is 4.33. The predicted octanol–water partition coefficient (Wildman–Crippen LogP) is 3.32. The first-order valence-electron chi connectivity index (χ1n) is 7.73. The Balaban J connectivity index is 1.90. The molecule has 0 unspecified atom stereocenters. The molecule has 2 aromatic carbocycles. The van der Waals surface area contributed by atoms with Crippen molar-refractivity contribution < 1.29 is 19.4 Å². The molecular formula is C19H17NO4. The molecule has 2 amide bonds. The SMILES string of the molecule is CCCOc1ccc(C2=C(O)C(=O)N(c3ccccc3)C2=O)cc1. The summed E-state index contributed by atoms with van der Waals surface area (Å²) in [5.74, 6) is -1.11. The van der Waals surface area contributed by atoms with Gasteiger partial charge in [0.15, 0.2) is 5.76 Å². The molecule has 0 aliphatic carbocycles. The zero-order valence-electron chi connectivity index (χ0n) is 13.2. The fourth-order valence-corrected chi connectivity index (χ4v) is 2.53. The summed E-state index contributed by atoms with van der Waals surface area (Å²) in [4.78, 5) is 25.9. The molecule has 0 aromatic heterocycles. The van der Waals surface area contributed by atoms with Crippen molar-refractivity contribution in [3.63, 3.8) is 0 Å². The zero-order chi connectivity index (χ0) is 17.1. The lowest BCUT2D eigenvalue weighted by atomic mass is 10.1. The van der Waals surface area contributed by atoms with Gasteiger partial charge in [-0.05, 0) is 36.2 Å². The second-order valence-electron chi connectivity index (χ2n) is 5.38. The van der Waals surface area contributed by atoms with Gasteiger partial charge in [0.25, 0.3) is 5.91 Å². The first kappa shape index (κ1) is 15.8. The van der Waals surface area contributed by atoms with Crippen LogP contribution in [0.15, 0.2) is 60.4 Å². The minimum absolute atomic E-state index is 0.00546. The third-order valence-corrected chi connectivity index (χ3v) is 3.69. The maximum absolute atomic E-state index is 12.6. The molecule has 0 spiro atoms. The van der Waals surface area contributed by atoms with Crippen LogP contribution in [0.2, 0.25) is 0 Å². The van der Waals surface area contributed by atoms with Crippen LogP contribution < -0.4 is 9.64 Å². The molecule has 5 heteroatoms. The van der Waals surface area contributed by atoms with Gasteiger partial charge in [-0.25, -0.2) is 4.90 Å². The smallest absolute Gasteiger partial charge is 0.301 e. The number of hydrogen-bond donors (Lipinski definition) is 1. The molecule has 0 fully saturated rings. The van der Waals surface area contributed by atoms with Gasteiger partial charge in [0.1, 0.15) is 5.75 Å². The molecule has 5 nitrogen and oxygen atoms in total. The average Bonchev–Trinajstić information content (AvgIpc) is 2.84. The van der Waals surface area contributed by atoms with E-state index in [0.29, 0.717) is 23.6 Å². The highest BCUT2D eigenvalue weighted by Crippen LogP contribution is 2.32. The molecule has 24 heavy (non-hydrogen) atoms. The number of ether oxygens (including phenoxy) is 1. The van der Waals surface area contributed by atoms with Gasteiger partial charge in [0, 0.05) is 0 Å². The van der Waals surface area contributed by atoms with Crippen LogP contribution in [0.1, 0.15) is 18.9 Å². The molecule has 0 atom stereocenters. The van der Waals surface area contributed by atoms with E-state index in [1.54, 1.807) is 54.6 Å². The number of carbonyl (C=O) groups excluding carboxylic acids is 2. The lowest BCUT2D eigenvalue weighted by Gasteiger charge is -2.14. The topological polar surface area (TPSA) is 66.8 Å². The maximum atomic E-state index is 12.6. The molecule has 2 aromatic rings. The van der Waals surface area contributed by atoms with Gasteiger partial charge in [-0.3, -0.25) is 9.59 Å². The Morgan fingerprint density at radius 2 is 1.62 bits per heavy atom. The molecule has 1 aliphatic heterocycles. The van der Waals surface area contributed by atoms with Gasteiger partial charge < -0.3 is 9.84 Å². The van der Waals surface area contributed by atoms with Crippen molar-refractivity contribution in [1.82, 2.24) is 0 Å². The first-order chi connectivity index (χ1) is 11.6. The van der Waals surface area contributed by atoms with Crippen molar-refractivity contribution >= 4 is 23.1 Å². The Morgan fingerprint density at radius 1 is 0.958 bits per heavy atom. The van der Waals surface area contributed by atoms with Gasteiger partial charge in [-0.2, -0.15) is 0 Å². The van der Waals surface area contributed by atoms with E-state index in [1.165, 1.54) is 0 Å². The van der Waals surface area contributed by atoms with E-state index < -0.39 is 17.6 Å². The monoisotopic (exact) mass is 323 g/mol. The molecule has 122 valence electrons. The second-order valence-corrected chi connectivity index (χ2v) is 5.38. The number of benzene rings is 2. The fraction of sp³-hybridized carbons (Fsp3) is 0.158. The van der Waals surface area contributed by atoms with Crippen LogP contribution in [0.5, 0.6) is 5.75 Å². The standard InChI is InChI=1S/C19H17NO4/c1-2-12-24-15-10-8-13(9-11-15)16-17(21)19(23)20(18(16)22)14-6-4-3-5-7-14/h3-11,21H,2,12H2,1H3. The number of amides is 2. The number of carbonyl (C=O) groups is 2. The normalized spacial score (nSPS) is 14.5. The van der Waals surface area contributed by atoms with Crippen LogP contribution >= 0.6 is 0 Å². The molecule has 0 saturated heterocycles. The van der Waals surface area contributed by atoms with Crippen molar-refractivity contribution in [2.45, 2.75) is 13.3 Å². The number of hydrogen-bond acceptors (Lipinski definition) is 4. The van der Waals surface area contributed by atoms with Crippen LogP contribution in [0.3, 0.4) is 0 Å². The Labute approximate surface area is 139 Å². The summed E-state index contributed by atoms with van der Waals surface area (Å²) in [6.45, 7) is 2.62. The van der Waals surface area contributed by atoms with Gasteiger partial charge in [0.2, 0.25) is 0 Å². The largest absolute Gasteiger partial charge is 0.502 e. The van der Waals surface area contributed by atoms with Crippen LogP contribution in [0.4, 0.5) is 5.69 Å². The molecule has 0 bridgehead atoms. The van der Waals surface area contributed by atoms with Crippen LogP contribution in [0, 0.1) is 0 Å². The molecule has 1 N–H and O–H groups in total. The average molecular weight is 323 g/mol. The van der Waals surface area contributed by atoms with E-state index in [2.05, 4.69) is 0 Å². The number of aliphatic hydroxyl groups excluding tert-OH is 1. The molecule has 0 radical (unpaired) electrons. The lowest BCUT2D eigenvalue weighted by Crippen LogP contribution is -2.31. The summed E-state index contributed by atoms with van der Waals surface area (Å²) < 4.78 is 5.50. The van der Waals surface area contributed by atoms with Crippen LogP contribution in [-0.2, 0) is 9.59 Å². The van der Waals surface area contributed by atoms with E-state index >= 15 is 0 Å². The minimum Gasteiger partial charge on any atom is -0.502 e. The highest BCUT2D eigenvalue weighted by Gasteiger charge is 2.40. The summed E-state index contributed by atoms with van der Waals surface area (Å²) in [6, 6.07) is 15.3. The third-order valence-electron chi connectivity index (χ3n) is 3.69. The van der Waals surface area contributed by atoms with E-state index in [0.717, 1.165) is 11.3 Å². The molecule has 3 rings (SSSR count). The number of imide groups is 1. The quantitative estimate of drug-likeness (QED) is 0.857. The molecule has 0 saturated carbocycles. The number of para-hydroxylation sites is 1. The third kappa shape index (κ3) is 2.76. The molecule has 1 aliphatic rings. The Hall–Kier alpha value is -3.08. The van der Waals surface area contributed by atoms with Gasteiger partial charge >= 0.3 is 5.91 Å². The van der Waals surface area contributed by atoms with Gasteiger partial charge in [-0.15, -0.1) is 0 Å². The zero-order valence-corrected chi connectivity index (χ0v) is 13.2. The number of rotatable bonds is 5. The van der Waals surface area contributed by atoms with Crippen molar-refractivity contribution in [3.8, 4) is 5.75 Å². The number of nitrogens with zero attached hydrogens (tertiary/aromatic N) is 1. The van der Waals surface area contributed by atoms with Crippen molar-refractivity contribution in [2.75, 3.05) is 11.5 Å². The Morgan fingerprint density at radius 3 is 2.25 bits per heavy atom. The number of aliphatic hydroxyl groups is 1. The highest BCUT2D eigenvalue weighted by molar-refractivity contribution is 6.44. The van der Waals surface area contributed by atoms with Crippen molar-refractivity contribution in [2.24, 2.45) is 0 Å². The predicted molar refractivity (Wildman–Crippen MR) is 90.7 cm³/mol. The summed E-state index contributed by atoms with van der Waals surface area (Å²) in [5.41, 5.74) is 0.913. The fourth-order valence-electron chi connectivity index (χ4n) is 2.53. The summed E-state index contributed by atoms with van der Waals surface area (Å²) >= 11 is 0. The van der Waals surface area contributed by atoms with E-state index in [9.17, 15) is 14.7 Å². The highest BCUT2D eigenvalue weighted by atomic mass is 16.5. The summed E-state index contributed by atoms with van der Waals surface area (Å²) in [6.07, 6.45) is 0.896. The minimum atomic E-state index is -0.715. The van der Waals surface area contributed by atoms with Crippen LogP contribution in [-0.4, -0.2) is 23.5 Å².